The highest BCUT2D eigenvalue weighted by Crippen LogP contribution is 2.38. The average molecular weight is 325 g/mol. The summed E-state index contributed by atoms with van der Waals surface area (Å²) < 4.78 is 5.79. The van der Waals surface area contributed by atoms with Gasteiger partial charge in [-0.2, -0.15) is 0 Å². The topological polar surface area (TPSA) is 71.5 Å². The Bertz CT molecular complexity index is 834. The summed E-state index contributed by atoms with van der Waals surface area (Å²) in [7, 11) is 1.64. The summed E-state index contributed by atoms with van der Waals surface area (Å²) in [6, 6.07) is 10.8. The van der Waals surface area contributed by atoms with Gasteiger partial charge in [0.1, 0.15) is 11.6 Å². The number of benzene rings is 1. The molecule has 0 saturated heterocycles. The average Bonchev–Trinajstić information content (AvgIpc) is 2.54. The molecule has 24 heavy (non-hydrogen) atoms. The molecule has 1 aromatic carbocycles. The molecule has 6 nitrogen and oxygen atoms in total. The third-order valence-corrected chi connectivity index (χ3v) is 4.07. The summed E-state index contributed by atoms with van der Waals surface area (Å²) >= 11 is 0. The van der Waals surface area contributed by atoms with E-state index < -0.39 is 17.4 Å². The van der Waals surface area contributed by atoms with Gasteiger partial charge >= 0.3 is 0 Å². The van der Waals surface area contributed by atoms with Crippen molar-refractivity contribution in [1.29, 1.82) is 0 Å². The maximum Gasteiger partial charge on any atom is 0.280 e. The standard InChI is InChI=1S/C18H19N3O3/c1-11-8-9-14-13(10-11)21(4)17(23)18(3,24-14)16(22)20-15-7-5-6-12(2)19-15/h5-10H,1-4H3,(H,19,20,22). The highest BCUT2D eigenvalue weighted by molar-refractivity contribution is 6.19. The van der Waals surface area contributed by atoms with E-state index >= 15 is 0 Å². The fourth-order valence-electron chi connectivity index (χ4n) is 2.66. The maximum absolute atomic E-state index is 12.7. The van der Waals surface area contributed by atoms with Crippen molar-refractivity contribution in [3.63, 3.8) is 0 Å². The maximum atomic E-state index is 12.7. The zero-order chi connectivity index (χ0) is 17.5. The number of hydrogen-bond donors (Lipinski definition) is 1. The molecule has 124 valence electrons. The molecular formula is C18H19N3O3. The van der Waals surface area contributed by atoms with Crippen LogP contribution in [0.1, 0.15) is 18.2 Å². The normalized spacial score (nSPS) is 19.5. The Morgan fingerprint density at radius 1 is 1.25 bits per heavy atom. The van der Waals surface area contributed by atoms with Crippen LogP contribution in [0, 0.1) is 13.8 Å². The highest BCUT2D eigenvalue weighted by Gasteiger charge is 2.49. The van der Waals surface area contributed by atoms with Crippen molar-refractivity contribution in [2.75, 3.05) is 17.3 Å². The molecule has 2 aromatic rings. The van der Waals surface area contributed by atoms with Crippen LogP contribution in [0.25, 0.3) is 0 Å². The van der Waals surface area contributed by atoms with Gasteiger partial charge in [0.2, 0.25) is 0 Å². The molecule has 6 heteroatoms. The number of amides is 2. The van der Waals surface area contributed by atoms with Crippen LogP contribution in [-0.2, 0) is 9.59 Å². The van der Waals surface area contributed by atoms with E-state index in [0.717, 1.165) is 11.3 Å². The molecule has 2 amide bonds. The minimum absolute atomic E-state index is 0.384. The van der Waals surface area contributed by atoms with Gasteiger partial charge in [0.25, 0.3) is 17.4 Å². The number of hydrogen-bond acceptors (Lipinski definition) is 4. The molecule has 0 radical (unpaired) electrons. The molecule has 1 N–H and O–H groups in total. The molecule has 1 aliphatic heterocycles. The number of aryl methyl sites for hydroxylation is 2. The molecule has 1 atom stereocenters. The summed E-state index contributed by atoms with van der Waals surface area (Å²) in [6.07, 6.45) is 0. The quantitative estimate of drug-likeness (QED) is 0.861. The Balaban J connectivity index is 1.93. The van der Waals surface area contributed by atoms with E-state index in [2.05, 4.69) is 10.3 Å². The zero-order valence-corrected chi connectivity index (χ0v) is 14.1. The van der Waals surface area contributed by atoms with Crippen LogP contribution in [0.4, 0.5) is 11.5 Å². The van der Waals surface area contributed by atoms with Gasteiger partial charge < -0.3 is 15.0 Å². The lowest BCUT2D eigenvalue weighted by molar-refractivity contribution is -0.144. The molecule has 0 fully saturated rings. The third-order valence-electron chi connectivity index (χ3n) is 4.07. The van der Waals surface area contributed by atoms with Crippen LogP contribution >= 0.6 is 0 Å². The minimum Gasteiger partial charge on any atom is -0.465 e. The summed E-state index contributed by atoms with van der Waals surface area (Å²) in [5.74, 6) is -0.0954. The first-order valence-electron chi connectivity index (χ1n) is 7.64. The fourth-order valence-corrected chi connectivity index (χ4v) is 2.66. The van der Waals surface area contributed by atoms with E-state index in [1.54, 1.807) is 25.2 Å². The first-order valence-corrected chi connectivity index (χ1v) is 7.64. The third kappa shape index (κ3) is 2.60. The molecule has 1 aliphatic rings. The van der Waals surface area contributed by atoms with Crippen LogP contribution in [-0.4, -0.2) is 29.4 Å². The smallest absolute Gasteiger partial charge is 0.280 e. The predicted octanol–water partition coefficient (Wildman–Crippen LogP) is 2.45. The van der Waals surface area contributed by atoms with Crippen LogP contribution in [0.5, 0.6) is 5.75 Å². The number of rotatable bonds is 2. The molecule has 1 unspecified atom stereocenters. The molecule has 0 spiro atoms. The van der Waals surface area contributed by atoms with Gasteiger partial charge in [0.15, 0.2) is 0 Å². The Morgan fingerprint density at radius 2 is 2.00 bits per heavy atom. The van der Waals surface area contributed by atoms with E-state index in [1.165, 1.54) is 11.8 Å². The largest absolute Gasteiger partial charge is 0.465 e. The second kappa shape index (κ2) is 5.63. The molecule has 0 bridgehead atoms. The van der Waals surface area contributed by atoms with Crippen molar-refractivity contribution in [3.05, 3.63) is 47.7 Å². The van der Waals surface area contributed by atoms with Gasteiger partial charge in [-0.15, -0.1) is 0 Å². The minimum atomic E-state index is -1.65. The number of carbonyl (C=O) groups is 2. The number of nitrogens with one attached hydrogen (secondary N) is 1. The number of ether oxygens (including phenoxy) is 1. The fraction of sp³-hybridized carbons (Fsp3) is 0.278. The van der Waals surface area contributed by atoms with Gasteiger partial charge in [0.05, 0.1) is 5.69 Å². The first-order chi connectivity index (χ1) is 11.3. The Labute approximate surface area is 140 Å². The molecule has 0 aliphatic carbocycles. The van der Waals surface area contributed by atoms with Crippen molar-refractivity contribution >= 4 is 23.3 Å². The lowest BCUT2D eigenvalue weighted by Crippen LogP contribution is -2.59. The second-order valence-corrected chi connectivity index (χ2v) is 6.09. The number of nitrogens with zero attached hydrogens (tertiary/aromatic N) is 2. The van der Waals surface area contributed by atoms with E-state index in [-0.39, 0.29) is 0 Å². The van der Waals surface area contributed by atoms with Gasteiger partial charge in [-0.3, -0.25) is 9.59 Å². The van der Waals surface area contributed by atoms with Gasteiger partial charge in [0, 0.05) is 12.7 Å². The Kier molecular flexibility index (Phi) is 3.75. The lowest BCUT2D eigenvalue weighted by Gasteiger charge is -2.37. The van der Waals surface area contributed by atoms with Crippen LogP contribution in [0.2, 0.25) is 0 Å². The van der Waals surface area contributed by atoms with E-state index in [1.807, 2.05) is 32.0 Å². The summed E-state index contributed by atoms with van der Waals surface area (Å²) in [4.78, 5) is 31.1. The van der Waals surface area contributed by atoms with Crippen molar-refractivity contribution in [2.45, 2.75) is 26.4 Å². The Morgan fingerprint density at radius 3 is 2.71 bits per heavy atom. The number of likely N-dealkylation sites (N-methyl/N-ethyl adjacent to an activating group) is 1. The molecule has 0 saturated carbocycles. The van der Waals surface area contributed by atoms with Crippen molar-refractivity contribution in [2.24, 2.45) is 0 Å². The highest BCUT2D eigenvalue weighted by atomic mass is 16.5. The second-order valence-electron chi connectivity index (χ2n) is 6.09. The van der Waals surface area contributed by atoms with Crippen LogP contribution < -0.4 is 15.0 Å². The molecule has 1 aromatic heterocycles. The first kappa shape index (κ1) is 16.0. The monoisotopic (exact) mass is 325 g/mol. The number of carbonyl (C=O) groups excluding carboxylic acids is 2. The van der Waals surface area contributed by atoms with E-state index in [9.17, 15) is 9.59 Å². The SMILES string of the molecule is Cc1ccc2c(c1)N(C)C(=O)C(C)(C(=O)Nc1cccc(C)n1)O2. The molecular weight excluding hydrogens is 306 g/mol. The molecule has 2 heterocycles. The van der Waals surface area contributed by atoms with Gasteiger partial charge in [-0.05, 0) is 50.6 Å². The van der Waals surface area contributed by atoms with Gasteiger partial charge in [-0.1, -0.05) is 12.1 Å². The van der Waals surface area contributed by atoms with Crippen molar-refractivity contribution in [3.8, 4) is 5.75 Å². The summed E-state index contributed by atoms with van der Waals surface area (Å²) in [6.45, 7) is 5.23. The van der Waals surface area contributed by atoms with Gasteiger partial charge in [-0.25, -0.2) is 4.98 Å². The van der Waals surface area contributed by atoms with Crippen LogP contribution in [0.15, 0.2) is 36.4 Å². The lowest BCUT2D eigenvalue weighted by atomic mass is 10.00. The number of aromatic nitrogens is 1. The van der Waals surface area contributed by atoms with Crippen LogP contribution in [0.3, 0.4) is 0 Å². The Hall–Kier alpha value is -2.89. The van der Waals surface area contributed by atoms with E-state index in [0.29, 0.717) is 17.3 Å². The predicted molar refractivity (Wildman–Crippen MR) is 91.2 cm³/mol. The number of pyridine rings is 1. The summed E-state index contributed by atoms with van der Waals surface area (Å²) in [5, 5.41) is 2.66. The molecule has 3 rings (SSSR count). The number of fused-ring (bicyclic) bond motifs is 1. The number of anilines is 2. The van der Waals surface area contributed by atoms with Crippen molar-refractivity contribution < 1.29 is 14.3 Å². The summed E-state index contributed by atoms with van der Waals surface area (Å²) in [5.41, 5.74) is 0.780. The van der Waals surface area contributed by atoms with Crippen molar-refractivity contribution in [1.82, 2.24) is 4.98 Å². The van der Waals surface area contributed by atoms with E-state index in [4.69, 9.17) is 4.74 Å². The zero-order valence-electron chi connectivity index (χ0n) is 14.1.